The predicted octanol–water partition coefficient (Wildman–Crippen LogP) is 3.50. The normalized spacial score (nSPS) is 14.8. The second kappa shape index (κ2) is 6.79. The van der Waals surface area contributed by atoms with Gasteiger partial charge in [0.25, 0.3) is 5.91 Å². The average molecular weight is 340 g/mol. The van der Waals surface area contributed by atoms with Crippen molar-refractivity contribution in [3.8, 4) is 5.75 Å². The zero-order valence-corrected chi connectivity index (χ0v) is 13.3. The monoisotopic (exact) mass is 339 g/mol. The molecule has 0 bridgehead atoms. The van der Waals surface area contributed by atoms with Crippen LogP contribution in [0.25, 0.3) is 0 Å². The molecule has 0 aromatic heterocycles. The van der Waals surface area contributed by atoms with Crippen molar-refractivity contribution in [1.29, 1.82) is 0 Å². The van der Waals surface area contributed by atoms with E-state index in [9.17, 15) is 4.79 Å². The Hall–Kier alpha value is -1.49. The van der Waals surface area contributed by atoms with E-state index in [1.54, 1.807) is 4.90 Å². The molecular weight excluding hydrogens is 322 g/mol. The Balaban J connectivity index is 2.29. The maximum atomic E-state index is 12.1. The van der Waals surface area contributed by atoms with E-state index in [2.05, 4.69) is 15.9 Å². The van der Waals surface area contributed by atoms with E-state index in [0.29, 0.717) is 13.2 Å². The molecule has 0 unspecified atom stereocenters. The van der Waals surface area contributed by atoms with Gasteiger partial charge in [-0.3, -0.25) is 9.69 Å². The molecule has 2 rings (SSSR count). The fourth-order valence-electron chi connectivity index (χ4n) is 2.09. The lowest BCUT2D eigenvalue weighted by Crippen LogP contribution is -2.40. The van der Waals surface area contributed by atoms with Crippen LogP contribution >= 0.6 is 15.9 Å². The Morgan fingerprint density at radius 2 is 2.30 bits per heavy atom. The summed E-state index contributed by atoms with van der Waals surface area (Å²) in [5.41, 5.74) is 0.775. The third-order valence-corrected chi connectivity index (χ3v) is 3.43. The molecule has 1 amide bonds. The fraction of sp³-hybridized carbons (Fsp3) is 0.400. The van der Waals surface area contributed by atoms with Crippen LogP contribution < -0.4 is 9.64 Å². The quantitative estimate of drug-likeness (QED) is 0.770. The molecule has 5 heteroatoms. The van der Waals surface area contributed by atoms with E-state index in [1.807, 2.05) is 38.1 Å². The number of anilines is 1. The van der Waals surface area contributed by atoms with E-state index >= 15 is 0 Å². The van der Waals surface area contributed by atoms with Gasteiger partial charge in [0.15, 0.2) is 6.61 Å². The van der Waals surface area contributed by atoms with Crippen molar-refractivity contribution < 1.29 is 14.3 Å². The van der Waals surface area contributed by atoms with Crippen LogP contribution in [0.4, 0.5) is 5.69 Å². The smallest absolute Gasteiger partial charge is 0.265 e. The number of benzene rings is 1. The number of halogens is 1. The Labute approximate surface area is 127 Å². The first-order valence-corrected chi connectivity index (χ1v) is 7.49. The molecule has 0 spiro atoms. The van der Waals surface area contributed by atoms with Crippen LogP contribution in [0.1, 0.15) is 20.3 Å². The first kappa shape index (κ1) is 14.9. The molecule has 0 aliphatic carbocycles. The van der Waals surface area contributed by atoms with Crippen LogP contribution in [0.15, 0.2) is 34.5 Å². The highest BCUT2D eigenvalue weighted by Gasteiger charge is 2.26. The summed E-state index contributed by atoms with van der Waals surface area (Å²) in [5, 5.41) is 0. The highest BCUT2D eigenvalue weighted by Crippen LogP contribution is 2.34. The number of carbonyl (C=O) groups is 1. The van der Waals surface area contributed by atoms with Gasteiger partial charge in [-0.25, -0.2) is 0 Å². The number of amides is 1. The molecule has 1 aromatic rings. The minimum atomic E-state index is -0.0580. The lowest BCUT2D eigenvalue weighted by atomic mass is 10.2. The van der Waals surface area contributed by atoms with Crippen molar-refractivity contribution in [1.82, 2.24) is 0 Å². The van der Waals surface area contributed by atoms with E-state index in [0.717, 1.165) is 28.1 Å². The van der Waals surface area contributed by atoms with Gasteiger partial charge >= 0.3 is 0 Å². The number of hydrogen-bond donors (Lipinski definition) is 0. The van der Waals surface area contributed by atoms with Crippen molar-refractivity contribution in [3.05, 3.63) is 34.5 Å². The summed E-state index contributed by atoms with van der Waals surface area (Å²) in [7, 11) is 0. The molecule has 20 heavy (non-hydrogen) atoms. The van der Waals surface area contributed by atoms with Crippen molar-refractivity contribution in [2.24, 2.45) is 0 Å². The lowest BCUT2D eigenvalue weighted by Gasteiger charge is -2.30. The Morgan fingerprint density at radius 1 is 1.50 bits per heavy atom. The first-order chi connectivity index (χ1) is 9.65. The van der Waals surface area contributed by atoms with Gasteiger partial charge < -0.3 is 9.47 Å². The van der Waals surface area contributed by atoms with Gasteiger partial charge in [0.05, 0.1) is 18.8 Å². The largest absolute Gasteiger partial charge is 0.497 e. The van der Waals surface area contributed by atoms with Gasteiger partial charge in [0, 0.05) is 4.47 Å². The molecular formula is C15H18BrNO3. The second-order valence-electron chi connectivity index (χ2n) is 4.39. The SMILES string of the molecule is CC/C=C(\CN1C(=O)COc2ccc(Br)cc21)OCC. The second-order valence-corrected chi connectivity index (χ2v) is 5.31. The predicted molar refractivity (Wildman–Crippen MR) is 82.0 cm³/mol. The number of allylic oxidation sites excluding steroid dienone is 1. The minimum Gasteiger partial charge on any atom is -0.497 e. The van der Waals surface area contributed by atoms with Crippen molar-refractivity contribution >= 4 is 27.5 Å². The van der Waals surface area contributed by atoms with E-state index in [-0.39, 0.29) is 12.5 Å². The standard InChI is InChI=1S/C15H18BrNO3/c1-3-5-12(19-4-2)9-17-13-8-11(16)6-7-14(13)20-10-15(17)18/h5-8H,3-4,9-10H2,1-2H3/b12-5+. The maximum absolute atomic E-state index is 12.1. The molecule has 0 N–H and O–H groups in total. The zero-order valence-electron chi connectivity index (χ0n) is 11.7. The minimum absolute atomic E-state index is 0.0580. The molecule has 1 aromatic carbocycles. The molecule has 0 atom stereocenters. The number of nitrogens with zero attached hydrogens (tertiary/aromatic N) is 1. The third-order valence-electron chi connectivity index (χ3n) is 2.94. The molecule has 1 aliphatic heterocycles. The van der Waals surface area contributed by atoms with Gasteiger partial charge in [-0.05, 0) is 37.6 Å². The molecule has 1 aliphatic rings. The van der Waals surface area contributed by atoms with E-state index in [4.69, 9.17) is 9.47 Å². The fourth-order valence-corrected chi connectivity index (χ4v) is 2.44. The van der Waals surface area contributed by atoms with Gasteiger partial charge in [0.1, 0.15) is 11.5 Å². The summed E-state index contributed by atoms with van der Waals surface area (Å²) in [6.07, 6.45) is 2.88. The van der Waals surface area contributed by atoms with Crippen LogP contribution in [0, 0.1) is 0 Å². The molecule has 0 saturated heterocycles. The molecule has 0 saturated carbocycles. The number of rotatable bonds is 5. The van der Waals surface area contributed by atoms with Crippen molar-refractivity contribution in [3.63, 3.8) is 0 Å². The van der Waals surface area contributed by atoms with Crippen LogP contribution in [0.5, 0.6) is 5.75 Å². The third kappa shape index (κ3) is 3.33. The van der Waals surface area contributed by atoms with Crippen LogP contribution in [0.3, 0.4) is 0 Å². The van der Waals surface area contributed by atoms with Crippen LogP contribution in [-0.2, 0) is 9.53 Å². The Kier molecular flexibility index (Phi) is 5.06. The number of fused-ring (bicyclic) bond motifs is 1. The average Bonchev–Trinajstić information content (AvgIpc) is 2.42. The number of carbonyl (C=O) groups excluding carboxylic acids is 1. The van der Waals surface area contributed by atoms with E-state index in [1.165, 1.54) is 0 Å². The summed E-state index contributed by atoms with van der Waals surface area (Å²) >= 11 is 3.43. The molecule has 108 valence electrons. The molecule has 4 nitrogen and oxygen atoms in total. The van der Waals surface area contributed by atoms with Gasteiger partial charge in [0.2, 0.25) is 0 Å². The molecule has 1 heterocycles. The molecule has 0 fully saturated rings. The summed E-state index contributed by atoms with van der Waals surface area (Å²) in [6, 6.07) is 5.66. The van der Waals surface area contributed by atoms with Crippen LogP contribution in [-0.4, -0.2) is 25.7 Å². The summed E-state index contributed by atoms with van der Waals surface area (Å²) < 4.78 is 12.0. The maximum Gasteiger partial charge on any atom is 0.265 e. The first-order valence-electron chi connectivity index (χ1n) is 6.70. The van der Waals surface area contributed by atoms with E-state index < -0.39 is 0 Å². The van der Waals surface area contributed by atoms with Gasteiger partial charge in [-0.1, -0.05) is 22.9 Å². The van der Waals surface area contributed by atoms with Crippen molar-refractivity contribution in [2.45, 2.75) is 20.3 Å². The van der Waals surface area contributed by atoms with Gasteiger partial charge in [-0.2, -0.15) is 0 Å². The summed E-state index contributed by atoms with van der Waals surface area (Å²) in [5.74, 6) is 1.48. The summed E-state index contributed by atoms with van der Waals surface area (Å²) in [4.78, 5) is 13.8. The van der Waals surface area contributed by atoms with Gasteiger partial charge in [-0.15, -0.1) is 0 Å². The number of ether oxygens (including phenoxy) is 2. The molecule has 0 radical (unpaired) electrons. The topological polar surface area (TPSA) is 38.8 Å². The number of hydrogen-bond acceptors (Lipinski definition) is 3. The van der Waals surface area contributed by atoms with Crippen LogP contribution in [0.2, 0.25) is 0 Å². The lowest BCUT2D eigenvalue weighted by molar-refractivity contribution is -0.121. The highest BCUT2D eigenvalue weighted by atomic mass is 79.9. The van der Waals surface area contributed by atoms with Crippen molar-refractivity contribution in [2.75, 3.05) is 24.7 Å². The summed E-state index contributed by atoms with van der Waals surface area (Å²) in [6.45, 7) is 5.09. The Morgan fingerprint density at radius 3 is 3.00 bits per heavy atom. The zero-order chi connectivity index (χ0) is 14.5. The Bertz CT molecular complexity index is 528. The highest BCUT2D eigenvalue weighted by molar-refractivity contribution is 9.10.